The zero-order chi connectivity index (χ0) is 20.0. The van der Waals surface area contributed by atoms with E-state index in [1.165, 1.54) is 12.1 Å². The largest absolute Gasteiger partial charge is 0.416 e. The molecule has 1 unspecified atom stereocenters. The number of hydrogen-bond donors (Lipinski definition) is 1. The molecular formula is C22H25F3N2O. The fourth-order valence-corrected chi connectivity index (χ4v) is 3.60. The van der Waals surface area contributed by atoms with E-state index in [0.717, 1.165) is 49.1 Å². The number of halogens is 3. The number of carbonyl (C=O) groups is 1. The molecule has 0 bridgehead atoms. The molecule has 0 radical (unpaired) electrons. The topological polar surface area (TPSA) is 32.3 Å². The number of hydrogen-bond acceptors (Lipinski definition) is 2. The predicted octanol–water partition coefficient (Wildman–Crippen LogP) is 4.94. The molecule has 1 atom stereocenters. The van der Waals surface area contributed by atoms with Crippen molar-refractivity contribution in [3.8, 4) is 0 Å². The van der Waals surface area contributed by atoms with Gasteiger partial charge in [0.15, 0.2) is 0 Å². The van der Waals surface area contributed by atoms with Gasteiger partial charge in [0, 0.05) is 25.6 Å². The molecule has 2 aromatic rings. The first-order chi connectivity index (χ1) is 13.4. The molecule has 0 aromatic heterocycles. The molecule has 3 rings (SSSR count). The summed E-state index contributed by atoms with van der Waals surface area (Å²) >= 11 is 0. The number of nitrogens with one attached hydrogen (secondary N) is 1. The maximum atomic E-state index is 12.8. The van der Waals surface area contributed by atoms with Gasteiger partial charge in [-0.25, -0.2) is 0 Å². The SMILES string of the molecule is O=C1CC(c2ccccc2)N(Cc2ccc(C(F)(F)F)cc2)CCCCCN1. The first kappa shape index (κ1) is 20.4. The van der Waals surface area contributed by atoms with Gasteiger partial charge in [-0.15, -0.1) is 0 Å². The molecule has 0 aliphatic carbocycles. The maximum Gasteiger partial charge on any atom is 0.416 e. The van der Waals surface area contributed by atoms with E-state index in [-0.39, 0.29) is 11.9 Å². The number of rotatable bonds is 3. The van der Waals surface area contributed by atoms with E-state index in [0.29, 0.717) is 19.5 Å². The van der Waals surface area contributed by atoms with Gasteiger partial charge < -0.3 is 5.32 Å². The highest BCUT2D eigenvalue weighted by atomic mass is 19.4. The highest BCUT2D eigenvalue weighted by Crippen LogP contribution is 2.31. The molecule has 1 fully saturated rings. The second-order valence-corrected chi connectivity index (χ2v) is 7.21. The third-order valence-corrected chi connectivity index (χ3v) is 5.12. The molecule has 3 nitrogen and oxygen atoms in total. The average molecular weight is 390 g/mol. The van der Waals surface area contributed by atoms with Crippen LogP contribution in [-0.2, 0) is 17.5 Å². The molecule has 1 aliphatic heterocycles. The zero-order valence-electron chi connectivity index (χ0n) is 15.7. The van der Waals surface area contributed by atoms with E-state index in [4.69, 9.17) is 0 Å². The van der Waals surface area contributed by atoms with E-state index < -0.39 is 11.7 Å². The Bertz CT molecular complexity index is 760. The summed E-state index contributed by atoms with van der Waals surface area (Å²) in [5.41, 5.74) is 1.22. The van der Waals surface area contributed by atoms with Crippen LogP contribution in [0.3, 0.4) is 0 Å². The van der Waals surface area contributed by atoms with Crippen molar-refractivity contribution in [3.05, 3.63) is 71.3 Å². The molecule has 28 heavy (non-hydrogen) atoms. The lowest BCUT2D eigenvalue weighted by Gasteiger charge is -2.33. The van der Waals surface area contributed by atoms with Gasteiger partial charge in [0.2, 0.25) is 5.91 Å². The average Bonchev–Trinajstić information content (AvgIpc) is 2.68. The first-order valence-corrected chi connectivity index (χ1v) is 9.65. The quantitative estimate of drug-likeness (QED) is 0.805. The van der Waals surface area contributed by atoms with Crippen molar-refractivity contribution in [3.63, 3.8) is 0 Å². The number of benzene rings is 2. The standard InChI is InChI=1S/C22H25F3N2O/c23-22(24,25)19-11-9-17(10-12-19)16-27-14-6-2-5-13-26-21(28)15-20(27)18-7-3-1-4-8-18/h1,3-4,7-12,20H,2,5-6,13-16H2,(H,26,28). The van der Waals surface area contributed by atoms with Crippen LogP contribution in [-0.4, -0.2) is 23.9 Å². The van der Waals surface area contributed by atoms with E-state index in [9.17, 15) is 18.0 Å². The van der Waals surface area contributed by atoms with E-state index >= 15 is 0 Å². The van der Waals surface area contributed by atoms with Crippen molar-refractivity contribution in [1.82, 2.24) is 10.2 Å². The van der Waals surface area contributed by atoms with Gasteiger partial charge >= 0.3 is 6.18 Å². The third-order valence-electron chi connectivity index (χ3n) is 5.12. The van der Waals surface area contributed by atoms with Crippen molar-refractivity contribution in [2.45, 2.75) is 44.4 Å². The van der Waals surface area contributed by atoms with Crippen LogP contribution in [0, 0.1) is 0 Å². The van der Waals surface area contributed by atoms with Gasteiger partial charge in [0.05, 0.1) is 5.56 Å². The van der Waals surface area contributed by atoms with Crippen LogP contribution in [0.15, 0.2) is 54.6 Å². The van der Waals surface area contributed by atoms with Crippen molar-refractivity contribution in [2.24, 2.45) is 0 Å². The summed E-state index contributed by atoms with van der Waals surface area (Å²) in [6.07, 6.45) is -1.06. The Morgan fingerprint density at radius 2 is 1.68 bits per heavy atom. The van der Waals surface area contributed by atoms with Crippen LogP contribution in [0.1, 0.15) is 48.4 Å². The highest BCUT2D eigenvalue weighted by Gasteiger charge is 2.30. The highest BCUT2D eigenvalue weighted by molar-refractivity contribution is 5.76. The van der Waals surface area contributed by atoms with Gasteiger partial charge in [-0.05, 0) is 42.6 Å². The van der Waals surface area contributed by atoms with Crippen molar-refractivity contribution in [1.29, 1.82) is 0 Å². The Hall–Kier alpha value is -2.34. The molecule has 1 saturated heterocycles. The number of carbonyl (C=O) groups excluding carboxylic acids is 1. The fourth-order valence-electron chi connectivity index (χ4n) is 3.60. The summed E-state index contributed by atoms with van der Waals surface area (Å²) in [6, 6.07) is 15.0. The monoisotopic (exact) mass is 390 g/mol. The molecule has 1 aliphatic rings. The smallest absolute Gasteiger partial charge is 0.356 e. The minimum atomic E-state index is -4.33. The van der Waals surface area contributed by atoms with Crippen LogP contribution in [0.2, 0.25) is 0 Å². The normalized spacial score (nSPS) is 19.8. The van der Waals surface area contributed by atoms with Crippen LogP contribution >= 0.6 is 0 Å². The molecule has 1 N–H and O–H groups in total. The zero-order valence-corrected chi connectivity index (χ0v) is 15.7. The van der Waals surface area contributed by atoms with E-state index in [2.05, 4.69) is 10.2 Å². The summed E-state index contributed by atoms with van der Waals surface area (Å²) in [5.74, 6) is 0.00757. The Kier molecular flexibility index (Phi) is 6.73. The minimum Gasteiger partial charge on any atom is -0.356 e. The molecule has 6 heteroatoms. The van der Waals surface area contributed by atoms with E-state index in [1.807, 2.05) is 30.3 Å². The molecule has 0 spiro atoms. The number of amides is 1. The third kappa shape index (κ3) is 5.58. The van der Waals surface area contributed by atoms with Crippen molar-refractivity contribution < 1.29 is 18.0 Å². The first-order valence-electron chi connectivity index (χ1n) is 9.65. The number of alkyl halides is 3. The lowest BCUT2D eigenvalue weighted by atomic mass is 9.99. The summed E-state index contributed by atoms with van der Waals surface area (Å²) < 4.78 is 38.5. The summed E-state index contributed by atoms with van der Waals surface area (Å²) in [6.45, 7) is 2.00. The summed E-state index contributed by atoms with van der Waals surface area (Å²) in [4.78, 5) is 14.6. The molecular weight excluding hydrogens is 365 g/mol. The van der Waals surface area contributed by atoms with Gasteiger partial charge in [0.1, 0.15) is 0 Å². The van der Waals surface area contributed by atoms with Gasteiger partial charge in [-0.3, -0.25) is 9.69 Å². The molecule has 2 aromatic carbocycles. The second-order valence-electron chi connectivity index (χ2n) is 7.21. The van der Waals surface area contributed by atoms with E-state index in [1.54, 1.807) is 0 Å². The van der Waals surface area contributed by atoms with Crippen molar-refractivity contribution in [2.75, 3.05) is 13.1 Å². The lowest BCUT2D eigenvalue weighted by Crippen LogP contribution is -2.36. The van der Waals surface area contributed by atoms with Crippen molar-refractivity contribution >= 4 is 5.91 Å². The Balaban J connectivity index is 1.84. The van der Waals surface area contributed by atoms with Crippen LogP contribution < -0.4 is 5.32 Å². The predicted molar refractivity (Wildman–Crippen MR) is 103 cm³/mol. The van der Waals surface area contributed by atoms with Gasteiger partial charge in [-0.2, -0.15) is 13.2 Å². The summed E-state index contributed by atoms with van der Waals surface area (Å²) in [5, 5.41) is 2.97. The number of nitrogens with zero attached hydrogens (tertiary/aromatic N) is 1. The molecule has 0 saturated carbocycles. The Labute approximate surface area is 163 Å². The maximum absolute atomic E-state index is 12.8. The molecule has 150 valence electrons. The van der Waals surface area contributed by atoms with Crippen LogP contribution in [0.4, 0.5) is 13.2 Å². The van der Waals surface area contributed by atoms with Crippen LogP contribution in [0.5, 0.6) is 0 Å². The fraction of sp³-hybridized carbons (Fsp3) is 0.409. The minimum absolute atomic E-state index is 0.00757. The Morgan fingerprint density at radius 3 is 2.36 bits per heavy atom. The summed E-state index contributed by atoms with van der Waals surface area (Å²) in [7, 11) is 0. The Morgan fingerprint density at radius 1 is 0.964 bits per heavy atom. The molecule has 1 heterocycles. The molecule has 1 amide bonds. The van der Waals surface area contributed by atoms with Gasteiger partial charge in [0.25, 0.3) is 0 Å². The van der Waals surface area contributed by atoms with Crippen LogP contribution in [0.25, 0.3) is 0 Å². The van der Waals surface area contributed by atoms with Gasteiger partial charge in [-0.1, -0.05) is 48.9 Å². The second kappa shape index (κ2) is 9.24. The lowest BCUT2D eigenvalue weighted by molar-refractivity contribution is -0.137.